The Balaban J connectivity index is 3.34. The van der Waals surface area contributed by atoms with E-state index in [0.29, 0.717) is 6.07 Å². The second-order valence-corrected chi connectivity index (χ2v) is 3.21. The molecule has 3 nitrogen and oxygen atoms in total. The van der Waals surface area contributed by atoms with Crippen LogP contribution in [0.4, 0.5) is 22.0 Å². The lowest BCUT2D eigenvalue weighted by Gasteiger charge is -2.12. The molecule has 0 spiro atoms. The van der Waals surface area contributed by atoms with Crippen LogP contribution in [0, 0.1) is 11.6 Å². The van der Waals surface area contributed by atoms with Crippen molar-refractivity contribution in [3.05, 3.63) is 45.3 Å². The number of alkyl halides is 3. The van der Waals surface area contributed by atoms with Crippen molar-refractivity contribution in [2.45, 2.75) is 19.1 Å². The Morgan fingerprint density at radius 1 is 1.24 bits per heavy atom. The van der Waals surface area contributed by atoms with Crippen LogP contribution in [-0.4, -0.2) is 0 Å². The van der Waals surface area contributed by atoms with Crippen molar-refractivity contribution >= 4 is 0 Å². The monoisotopic (exact) mass is 251 g/mol. The van der Waals surface area contributed by atoms with Gasteiger partial charge in [-0.1, -0.05) is 18.1 Å². The highest BCUT2D eigenvalue weighted by molar-refractivity contribution is 5.30. The predicted octanol–water partition coefficient (Wildman–Crippen LogP) is 4.35. The standard InChI is InChI=1S/C9H6F5N3/c1-4(16-17-15)5-2-3-6(9(12,13)14)8(11)7(5)10/h2-4H,1H3. The average Bonchev–Trinajstić information content (AvgIpc) is 2.20. The SMILES string of the molecule is CC(N=[N+]=[N-])c1ccc(C(F)(F)F)c(F)c1F. The molecule has 0 aliphatic heterocycles. The van der Waals surface area contributed by atoms with Gasteiger partial charge in [0, 0.05) is 4.91 Å². The summed E-state index contributed by atoms with van der Waals surface area (Å²) in [6.07, 6.45) is -4.97. The van der Waals surface area contributed by atoms with Gasteiger partial charge in [-0.25, -0.2) is 8.78 Å². The summed E-state index contributed by atoms with van der Waals surface area (Å²) in [6.45, 7) is 1.24. The molecule has 0 amide bonds. The van der Waals surface area contributed by atoms with Gasteiger partial charge in [-0.15, -0.1) is 0 Å². The van der Waals surface area contributed by atoms with E-state index in [-0.39, 0.29) is 0 Å². The lowest BCUT2D eigenvalue weighted by Crippen LogP contribution is -2.11. The molecule has 0 aromatic heterocycles. The largest absolute Gasteiger partial charge is 0.419 e. The zero-order chi connectivity index (χ0) is 13.2. The number of hydrogen-bond donors (Lipinski definition) is 0. The number of hydrogen-bond acceptors (Lipinski definition) is 1. The summed E-state index contributed by atoms with van der Waals surface area (Å²) in [6, 6.07) is 0.0781. The first-order valence-electron chi connectivity index (χ1n) is 4.38. The number of nitrogens with zero attached hydrogens (tertiary/aromatic N) is 3. The first-order valence-corrected chi connectivity index (χ1v) is 4.38. The maximum atomic E-state index is 13.3. The van der Waals surface area contributed by atoms with Gasteiger partial charge in [0.15, 0.2) is 11.6 Å². The van der Waals surface area contributed by atoms with E-state index in [1.54, 1.807) is 0 Å². The fraction of sp³-hybridized carbons (Fsp3) is 0.333. The zero-order valence-corrected chi connectivity index (χ0v) is 8.46. The molecule has 0 radical (unpaired) electrons. The van der Waals surface area contributed by atoms with E-state index in [1.807, 2.05) is 0 Å². The van der Waals surface area contributed by atoms with Crippen LogP contribution in [0.1, 0.15) is 24.1 Å². The molecule has 1 aromatic rings. The van der Waals surface area contributed by atoms with Crippen LogP contribution in [0.15, 0.2) is 17.2 Å². The van der Waals surface area contributed by atoms with E-state index in [4.69, 9.17) is 5.53 Å². The lowest BCUT2D eigenvalue weighted by atomic mass is 10.0. The molecule has 0 heterocycles. The molecule has 1 rings (SSSR count). The zero-order valence-electron chi connectivity index (χ0n) is 8.46. The molecule has 0 saturated carbocycles. The van der Waals surface area contributed by atoms with Gasteiger partial charge in [0.1, 0.15) is 0 Å². The van der Waals surface area contributed by atoms with Gasteiger partial charge in [-0.2, -0.15) is 13.2 Å². The molecular weight excluding hydrogens is 245 g/mol. The Kier molecular flexibility index (Phi) is 3.57. The summed E-state index contributed by atoms with van der Waals surface area (Å²) < 4.78 is 63.1. The van der Waals surface area contributed by atoms with Crippen molar-refractivity contribution in [2.75, 3.05) is 0 Å². The minimum Gasteiger partial charge on any atom is -0.203 e. The van der Waals surface area contributed by atoms with Gasteiger partial charge < -0.3 is 0 Å². The van der Waals surface area contributed by atoms with Gasteiger partial charge in [0.2, 0.25) is 0 Å². The van der Waals surface area contributed by atoms with Gasteiger partial charge in [0.05, 0.1) is 11.6 Å². The maximum Gasteiger partial charge on any atom is 0.419 e. The molecule has 1 atom stereocenters. The quantitative estimate of drug-likeness (QED) is 0.324. The Morgan fingerprint density at radius 2 is 1.82 bits per heavy atom. The first-order chi connectivity index (χ1) is 7.79. The predicted molar refractivity (Wildman–Crippen MR) is 48.9 cm³/mol. The molecule has 0 saturated heterocycles. The van der Waals surface area contributed by atoms with Crippen LogP contribution < -0.4 is 0 Å². The first kappa shape index (κ1) is 13.2. The van der Waals surface area contributed by atoms with E-state index in [0.717, 1.165) is 6.07 Å². The van der Waals surface area contributed by atoms with Crippen molar-refractivity contribution in [3.63, 3.8) is 0 Å². The Hall–Kier alpha value is -1.82. The van der Waals surface area contributed by atoms with Crippen LogP contribution in [0.25, 0.3) is 10.4 Å². The van der Waals surface area contributed by atoms with Gasteiger partial charge in [0.25, 0.3) is 0 Å². The van der Waals surface area contributed by atoms with Gasteiger partial charge in [-0.3, -0.25) is 0 Å². The molecule has 17 heavy (non-hydrogen) atoms. The van der Waals surface area contributed by atoms with Crippen molar-refractivity contribution in [2.24, 2.45) is 5.11 Å². The van der Waals surface area contributed by atoms with Crippen LogP contribution in [-0.2, 0) is 6.18 Å². The normalized spacial score (nSPS) is 13.1. The summed E-state index contributed by atoms with van der Waals surface area (Å²) in [5.74, 6) is -3.64. The summed E-state index contributed by atoms with van der Waals surface area (Å²) in [5, 5.41) is 3.08. The lowest BCUT2D eigenvalue weighted by molar-refractivity contribution is -0.140. The number of benzene rings is 1. The fourth-order valence-corrected chi connectivity index (χ4v) is 1.25. The second-order valence-electron chi connectivity index (χ2n) is 3.21. The third kappa shape index (κ3) is 2.65. The molecule has 0 fully saturated rings. The van der Waals surface area contributed by atoms with E-state index in [9.17, 15) is 22.0 Å². The van der Waals surface area contributed by atoms with Crippen molar-refractivity contribution in [3.8, 4) is 0 Å². The highest BCUT2D eigenvalue weighted by Gasteiger charge is 2.36. The van der Waals surface area contributed by atoms with Crippen molar-refractivity contribution in [1.82, 2.24) is 0 Å². The van der Waals surface area contributed by atoms with Gasteiger partial charge in [-0.05, 0) is 17.2 Å². The Labute approximate surface area is 92.5 Å². The number of halogens is 5. The summed E-state index contributed by atoms with van der Waals surface area (Å²) >= 11 is 0. The molecule has 0 N–H and O–H groups in total. The smallest absolute Gasteiger partial charge is 0.203 e. The third-order valence-electron chi connectivity index (χ3n) is 2.09. The fourth-order valence-electron chi connectivity index (χ4n) is 1.25. The van der Waals surface area contributed by atoms with E-state index in [2.05, 4.69) is 10.0 Å². The maximum absolute atomic E-state index is 13.3. The summed E-state index contributed by atoms with van der Waals surface area (Å²) in [5.41, 5.74) is 5.99. The van der Waals surface area contributed by atoms with E-state index < -0.39 is 35.0 Å². The van der Waals surface area contributed by atoms with Crippen molar-refractivity contribution in [1.29, 1.82) is 0 Å². The molecular formula is C9H6F5N3. The number of azide groups is 1. The van der Waals surface area contributed by atoms with Crippen LogP contribution >= 0.6 is 0 Å². The summed E-state index contributed by atoms with van der Waals surface area (Å²) in [7, 11) is 0. The Bertz CT molecular complexity index is 476. The van der Waals surface area contributed by atoms with E-state index in [1.165, 1.54) is 6.92 Å². The molecule has 0 aliphatic carbocycles. The van der Waals surface area contributed by atoms with Gasteiger partial charge >= 0.3 is 6.18 Å². The highest BCUT2D eigenvalue weighted by atomic mass is 19.4. The Morgan fingerprint density at radius 3 is 2.29 bits per heavy atom. The molecule has 0 bridgehead atoms. The number of rotatable bonds is 2. The highest BCUT2D eigenvalue weighted by Crippen LogP contribution is 2.34. The minimum atomic E-state index is -4.97. The minimum absolute atomic E-state index is 0.414. The summed E-state index contributed by atoms with van der Waals surface area (Å²) in [4.78, 5) is 2.37. The van der Waals surface area contributed by atoms with Crippen LogP contribution in [0.5, 0.6) is 0 Å². The average molecular weight is 251 g/mol. The second kappa shape index (κ2) is 4.58. The van der Waals surface area contributed by atoms with Crippen LogP contribution in [0.2, 0.25) is 0 Å². The molecule has 92 valence electrons. The molecule has 0 aliphatic rings. The molecule has 1 unspecified atom stereocenters. The van der Waals surface area contributed by atoms with E-state index >= 15 is 0 Å². The third-order valence-corrected chi connectivity index (χ3v) is 2.09. The van der Waals surface area contributed by atoms with Crippen LogP contribution in [0.3, 0.4) is 0 Å². The topological polar surface area (TPSA) is 48.8 Å². The molecule has 8 heteroatoms. The molecule has 1 aromatic carbocycles. The van der Waals surface area contributed by atoms with Crippen molar-refractivity contribution < 1.29 is 22.0 Å².